The third kappa shape index (κ3) is 6.16. The van der Waals surface area contributed by atoms with E-state index in [2.05, 4.69) is 70.3 Å². The number of aliphatic hydroxyl groups is 1. The molecule has 3 atom stereocenters. The van der Waals surface area contributed by atoms with E-state index in [1.165, 1.54) is 0 Å². The summed E-state index contributed by atoms with van der Waals surface area (Å²) in [6.07, 6.45) is 0.836. The Kier molecular flexibility index (Phi) is 8.62. The molecule has 3 aromatic carbocycles. The Morgan fingerprint density at radius 1 is 0.786 bits per heavy atom. The van der Waals surface area contributed by atoms with Gasteiger partial charge in [-0.1, -0.05) is 112 Å². The lowest BCUT2D eigenvalue weighted by molar-refractivity contribution is -0.196. The topological polar surface area (TPSA) is 57.2 Å². The van der Waals surface area contributed by atoms with Crippen molar-refractivity contribution in [1.29, 1.82) is 0 Å². The van der Waals surface area contributed by atoms with Crippen LogP contribution in [0.3, 0.4) is 0 Å². The van der Waals surface area contributed by atoms with Gasteiger partial charge in [0.15, 0.2) is 14.1 Å². The highest BCUT2D eigenvalue weighted by atomic mass is 28.4. The molecular weight excluding hydrogens is 540 g/mol. The molecule has 1 N–H and O–H groups in total. The van der Waals surface area contributed by atoms with Gasteiger partial charge in [-0.2, -0.15) is 0 Å². The number of hydrogen-bond donors (Lipinski definition) is 1. The zero-order valence-corrected chi connectivity index (χ0v) is 27.3. The van der Waals surface area contributed by atoms with E-state index in [1.807, 2.05) is 68.4 Å². The van der Waals surface area contributed by atoms with Crippen LogP contribution in [0.1, 0.15) is 64.2 Å². The molecule has 42 heavy (non-hydrogen) atoms. The van der Waals surface area contributed by atoms with Gasteiger partial charge >= 0.3 is 0 Å². The molecule has 1 saturated heterocycles. The zero-order chi connectivity index (χ0) is 30.2. The molecule has 0 unspecified atom stereocenters. The fraction of sp³-hybridized carbons (Fsp3) is 0.500. The fourth-order valence-electron chi connectivity index (χ4n) is 5.90. The van der Waals surface area contributed by atoms with Gasteiger partial charge in [0.1, 0.15) is 23.4 Å². The highest BCUT2D eigenvalue weighted by molar-refractivity contribution is 6.74. The molecule has 1 aliphatic carbocycles. The van der Waals surface area contributed by atoms with Crippen molar-refractivity contribution in [3.63, 3.8) is 0 Å². The van der Waals surface area contributed by atoms with E-state index in [4.69, 9.17) is 18.6 Å². The first-order valence-corrected chi connectivity index (χ1v) is 18.2. The van der Waals surface area contributed by atoms with Gasteiger partial charge in [0.25, 0.3) is 0 Å². The van der Waals surface area contributed by atoms with E-state index < -0.39 is 37.5 Å². The van der Waals surface area contributed by atoms with E-state index in [1.54, 1.807) is 0 Å². The Morgan fingerprint density at radius 3 is 1.64 bits per heavy atom. The van der Waals surface area contributed by atoms with E-state index in [0.29, 0.717) is 6.61 Å². The van der Waals surface area contributed by atoms with Gasteiger partial charge in [0.2, 0.25) is 0 Å². The van der Waals surface area contributed by atoms with Crippen LogP contribution in [0.4, 0.5) is 0 Å². The second-order valence-corrected chi connectivity index (χ2v) is 18.8. The Labute approximate surface area is 253 Å². The average Bonchev–Trinajstić information content (AvgIpc) is 3.77. The summed E-state index contributed by atoms with van der Waals surface area (Å²) in [5, 5.41) is 12.7. The second-order valence-electron chi connectivity index (χ2n) is 14.0. The lowest BCUT2D eigenvalue weighted by Gasteiger charge is -2.42. The molecule has 0 bridgehead atoms. The van der Waals surface area contributed by atoms with Gasteiger partial charge in [0.05, 0.1) is 13.2 Å². The Hall–Kier alpha value is -2.32. The Morgan fingerprint density at radius 2 is 1.24 bits per heavy atom. The quantitative estimate of drug-likeness (QED) is 0.184. The van der Waals surface area contributed by atoms with Gasteiger partial charge in [-0.3, -0.25) is 0 Å². The van der Waals surface area contributed by atoms with Crippen LogP contribution in [0.15, 0.2) is 91.0 Å². The molecule has 6 heteroatoms. The third-order valence-corrected chi connectivity index (χ3v) is 13.9. The maximum atomic E-state index is 12.7. The SMILES string of the molecule is CC1(C)O[C@@H](CO[Si](C)(C)C(C)(C)C)[C@@H]([C@](O)(COC(c2ccccc2)(c2ccccc2)c2ccccc2)C2CC2)O1. The largest absolute Gasteiger partial charge is 0.414 e. The van der Waals surface area contributed by atoms with Crippen molar-refractivity contribution in [2.45, 2.75) is 94.8 Å². The highest BCUT2D eigenvalue weighted by Crippen LogP contribution is 2.50. The van der Waals surface area contributed by atoms with Crippen LogP contribution in [0.5, 0.6) is 0 Å². The maximum Gasteiger partial charge on any atom is 0.192 e. The average molecular weight is 589 g/mol. The number of rotatable bonds is 11. The molecule has 1 heterocycles. The van der Waals surface area contributed by atoms with Crippen molar-refractivity contribution in [2.75, 3.05) is 13.2 Å². The zero-order valence-electron chi connectivity index (χ0n) is 26.3. The second kappa shape index (κ2) is 11.6. The molecule has 2 aliphatic rings. The van der Waals surface area contributed by atoms with Crippen LogP contribution in [-0.4, -0.2) is 50.2 Å². The van der Waals surface area contributed by atoms with Crippen molar-refractivity contribution in [2.24, 2.45) is 5.92 Å². The van der Waals surface area contributed by atoms with Gasteiger partial charge in [-0.05, 0) is 67.4 Å². The van der Waals surface area contributed by atoms with E-state index in [9.17, 15) is 5.11 Å². The monoisotopic (exact) mass is 588 g/mol. The molecule has 0 aromatic heterocycles. The maximum absolute atomic E-state index is 12.7. The summed E-state index contributed by atoms with van der Waals surface area (Å²) in [5.41, 5.74) is 0.806. The van der Waals surface area contributed by atoms with Crippen LogP contribution in [-0.2, 0) is 24.2 Å². The van der Waals surface area contributed by atoms with Gasteiger partial charge < -0.3 is 23.7 Å². The van der Waals surface area contributed by atoms with Gasteiger partial charge in [-0.15, -0.1) is 0 Å². The van der Waals surface area contributed by atoms with Crippen molar-refractivity contribution < 1.29 is 23.7 Å². The summed E-state index contributed by atoms with van der Waals surface area (Å²) in [7, 11) is -2.05. The van der Waals surface area contributed by atoms with Crippen LogP contribution in [0, 0.1) is 5.92 Å². The summed E-state index contributed by atoms with van der Waals surface area (Å²) in [5.74, 6) is -0.792. The predicted molar refractivity (Wildman–Crippen MR) is 170 cm³/mol. The molecule has 5 nitrogen and oxygen atoms in total. The van der Waals surface area contributed by atoms with E-state index in [0.717, 1.165) is 29.5 Å². The molecule has 3 aromatic rings. The summed E-state index contributed by atoms with van der Waals surface area (Å²) >= 11 is 0. The van der Waals surface area contributed by atoms with Gasteiger partial charge in [-0.25, -0.2) is 0 Å². The normalized spacial score (nSPS) is 22.6. The predicted octanol–water partition coefficient (Wildman–Crippen LogP) is 7.68. The van der Waals surface area contributed by atoms with Crippen LogP contribution in [0.25, 0.3) is 0 Å². The molecular formula is C36H48O5Si. The van der Waals surface area contributed by atoms with Gasteiger partial charge in [0, 0.05) is 0 Å². The molecule has 5 rings (SSSR count). The number of ether oxygens (including phenoxy) is 3. The third-order valence-electron chi connectivity index (χ3n) is 9.44. The molecule has 0 radical (unpaired) electrons. The van der Waals surface area contributed by atoms with Crippen molar-refractivity contribution in [3.8, 4) is 0 Å². The summed E-state index contributed by atoms with van der Waals surface area (Å²) in [6, 6.07) is 30.9. The highest BCUT2D eigenvalue weighted by Gasteiger charge is 2.59. The minimum Gasteiger partial charge on any atom is -0.414 e. The van der Waals surface area contributed by atoms with Crippen LogP contribution >= 0.6 is 0 Å². The van der Waals surface area contributed by atoms with Crippen molar-refractivity contribution >= 4 is 8.32 Å². The Bertz CT molecular complexity index is 1200. The lowest BCUT2D eigenvalue weighted by atomic mass is 9.79. The molecule has 1 aliphatic heterocycles. The first-order valence-electron chi connectivity index (χ1n) is 15.3. The van der Waals surface area contributed by atoms with Crippen LogP contribution in [0.2, 0.25) is 18.1 Å². The summed E-state index contributed by atoms with van der Waals surface area (Å²) in [4.78, 5) is 0. The minimum absolute atomic E-state index is 0.0513. The minimum atomic E-state index is -2.05. The summed E-state index contributed by atoms with van der Waals surface area (Å²) < 4.78 is 26.8. The fourth-order valence-corrected chi connectivity index (χ4v) is 6.91. The smallest absolute Gasteiger partial charge is 0.192 e. The van der Waals surface area contributed by atoms with E-state index in [-0.39, 0.29) is 17.6 Å². The first kappa shape index (κ1) is 31.1. The lowest BCUT2D eigenvalue weighted by Crippen LogP contribution is -2.56. The molecule has 0 spiro atoms. The Balaban J connectivity index is 1.53. The molecule has 226 valence electrons. The molecule has 2 fully saturated rings. The number of benzene rings is 3. The first-order chi connectivity index (χ1) is 19.8. The molecule has 0 amide bonds. The number of hydrogen-bond acceptors (Lipinski definition) is 5. The summed E-state index contributed by atoms with van der Waals surface area (Å²) in [6.45, 7) is 15.5. The van der Waals surface area contributed by atoms with E-state index >= 15 is 0 Å². The molecule has 1 saturated carbocycles. The van der Waals surface area contributed by atoms with Crippen LogP contribution < -0.4 is 0 Å². The van der Waals surface area contributed by atoms with Crippen molar-refractivity contribution in [1.82, 2.24) is 0 Å². The standard InChI is InChI=1S/C36H48O5Si/c1-33(2,3)42(6,7)39-25-31-32(41-34(4,5)40-31)35(37,27-23-24-27)26-38-36(28-17-11-8-12-18-28,29-19-13-9-14-20-29)30-21-15-10-16-22-30/h8-22,27,31-32,37H,23-26H2,1-7H3/t31-,32-,35-/m0/s1. The van der Waals surface area contributed by atoms with Crippen molar-refractivity contribution in [3.05, 3.63) is 108 Å².